The number of hydrogen-bond acceptors (Lipinski definition) is 8. The summed E-state index contributed by atoms with van der Waals surface area (Å²) in [4.78, 5) is 33.9. The molecule has 0 saturated heterocycles. The molecule has 0 radical (unpaired) electrons. The second kappa shape index (κ2) is 14.3. The largest absolute Gasteiger partial charge is 0.466 e. The molecule has 0 atom stereocenters. The zero-order chi connectivity index (χ0) is 28.3. The molecule has 39 heavy (non-hydrogen) atoms. The van der Waals surface area contributed by atoms with Gasteiger partial charge >= 0.3 is 11.9 Å². The Morgan fingerprint density at radius 1 is 0.872 bits per heavy atom. The summed E-state index contributed by atoms with van der Waals surface area (Å²) in [6.45, 7) is 3.93. The van der Waals surface area contributed by atoms with Gasteiger partial charge in [0.25, 0.3) is 5.69 Å². The van der Waals surface area contributed by atoms with Gasteiger partial charge in [-0.25, -0.2) is 0 Å². The third kappa shape index (κ3) is 7.78. The van der Waals surface area contributed by atoms with Gasteiger partial charge in [0.1, 0.15) is 0 Å². The molecule has 3 rings (SSSR count). The molecule has 0 heterocycles. The first kappa shape index (κ1) is 29.6. The van der Waals surface area contributed by atoms with Gasteiger partial charge in [0.15, 0.2) is 0 Å². The first-order chi connectivity index (χ1) is 18.8. The van der Waals surface area contributed by atoms with Crippen LogP contribution in [0.3, 0.4) is 0 Å². The van der Waals surface area contributed by atoms with Crippen LogP contribution in [0, 0.1) is 10.1 Å². The monoisotopic (exact) mass is 553 g/mol. The molecule has 3 aromatic rings. The molecule has 0 aliphatic rings. The smallest absolute Gasteiger partial charge is 0.302 e. The first-order valence-corrected chi connectivity index (χ1v) is 13.0. The van der Waals surface area contributed by atoms with Crippen LogP contribution >= 0.6 is 11.6 Å². The number of non-ortho nitro benzene ring substituents is 1. The van der Waals surface area contributed by atoms with E-state index in [4.69, 9.17) is 21.1 Å². The summed E-state index contributed by atoms with van der Waals surface area (Å²) >= 11 is 7.03. The Bertz CT molecular complexity index is 1230. The number of ether oxygens (including phenoxy) is 2. The van der Waals surface area contributed by atoms with E-state index in [2.05, 4.69) is 10.6 Å². The third-order valence-electron chi connectivity index (χ3n) is 6.04. The first-order valence-electron chi connectivity index (χ1n) is 12.6. The zero-order valence-electron chi connectivity index (χ0n) is 21.9. The highest BCUT2D eigenvalue weighted by atomic mass is 35.5. The highest BCUT2D eigenvalue weighted by Gasteiger charge is 2.39. The average molecular weight is 554 g/mol. The minimum Gasteiger partial charge on any atom is -0.466 e. The van der Waals surface area contributed by atoms with E-state index in [0.29, 0.717) is 42.2 Å². The number of nitro groups is 1. The number of esters is 2. The second-order valence-electron chi connectivity index (χ2n) is 8.83. The number of hydrogen-bond donors (Lipinski definition) is 2. The van der Waals surface area contributed by atoms with Gasteiger partial charge in [-0.15, -0.1) is 0 Å². The summed E-state index contributed by atoms with van der Waals surface area (Å²) < 4.78 is 10.1. The molecular weight excluding hydrogens is 522 g/mol. The molecule has 206 valence electrons. The van der Waals surface area contributed by atoms with E-state index in [1.165, 1.54) is 26.0 Å². The van der Waals surface area contributed by atoms with Gasteiger partial charge in [-0.1, -0.05) is 72.3 Å². The van der Waals surface area contributed by atoms with Crippen molar-refractivity contribution in [1.82, 2.24) is 5.32 Å². The van der Waals surface area contributed by atoms with Crippen molar-refractivity contribution in [3.05, 3.63) is 105 Å². The average Bonchev–Trinajstić information content (AvgIpc) is 2.92. The standard InChI is InChI=1S/C29H32ClN3O6/c1-21(34)38-17-9-15-31-27-20-25(33(36)37)19-26(28(27)30)29(23-11-5-3-6-12-23,24-13-7-4-8-14-24)32-16-10-18-39-22(2)35/h3-8,11-14,19-20,31-32H,9-10,15-18H2,1-2H3. The number of carbonyl (C=O) groups excluding carboxylic acids is 2. The Labute approximate surface area is 232 Å². The van der Waals surface area contributed by atoms with Gasteiger partial charge in [0.2, 0.25) is 0 Å². The quantitative estimate of drug-likeness (QED) is 0.0889. The van der Waals surface area contributed by atoms with E-state index in [0.717, 1.165) is 11.1 Å². The fourth-order valence-electron chi connectivity index (χ4n) is 4.34. The predicted molar refractivity (Wildman–Crippen MR) is 150 cm³/mol. The van der Waals surface area contributed by atoms with Crippen LogP contribution in [0.5, 0.6) is 0 Å². The fraction of sp³-hybridized carbons (Fsp3) is 0.310. The third-order valence-corrected chi connectivity index (χ3v) is 6.45. The van der Waals surface area contributed by atoms with Gasteiger partial charge in [0.05, 0.1) is 34.4 Å². The van der Waals surface area contributed by atoms with Gasteiger partial charge in [-0.2, -0.15) is 0 Å². The molecule has 0 amide bonds. The van der Waals surface area contributed by atoms with Crippen molar-refractivity contribution in [2.45, 2.75) is 32.2 Å². The molecule has 0 spiro atoms. The SMILES string of the molecule is CC(=O)OCCCNc1cc([N+](=O)[O-])cc(C(NCCCOC(C)=O)(c2ccccc2)c2ccccc2)c1Cl. The van der Waals surface area contributed by atoms with Gasteiger partial charge in [0, 0.05) is 38.1 Å². The Balaban J connectivity index is 2.14. The predicted octanol–water partition coefficient (Wildman–Crippen LogP) is 5.45. The Kier molecular flexibility index (Phi) is 10.8. The Hall–Kier alpha value is -3.95. The molecule has 9 nitrogen and oxygen atoms in total. The molecule has 10 heteroatoms. The number of nitrogens with one attached hydrogen (secondary N) is 2. The van der Waals surface area contributed by atoms with Crippen molar-refractivity contribution >= 4 is 34.9 Å². The van der Waals surface area contributed by atoms with Crippen LogP contribution in [0.1, 0.15) is 43.4 Å². The minimum absolute atomic E-state index is 0.130. The maximum Gasteiger partial charge on any atom is 0.302 e. The molecule has 0 saturated carbocycles. The van der Waals surface area contributed by atoms with E-state index in [1.54, 1.807) is 0 Å². The summed E-state index contributed by atoms with van der Waals surface area (Å²) in [7, 11) is 0. The zero-order valence-corrected chi connectivity index (χ0v) is 22.7. The van der Waals surface area contributed by atoms with E-state index in [1.807, 2.05) is 60.7 Å². The number of benzene rings is 3. The molecule has 2 N–H and O–H groups in total. The maximum atomic E-state index is 12.0. The lowest BCUT2D eigenvalue weighted by Crippen LogP contribution is -2.45. The molecule has 0 unspecified atom stereocenters. The van der Waals surface area contributed by atoms with Gasteiger partial charge < -0.3 is 14.8 Å². The topological polar surface area (TPSA) is 120 Å². The molecule has 0 aromatic heterocycles. The van der Waals surface area contributed by atoms with E-state index in [-0.39, 0.29) is 30.8 Å². The van der Waals surface area contributed by atoms with Crippen LogP contribution in [0.25, 0.3) is 0 Å². The lowest BCUT2D eigenvalue weighted by atomic mass is 9.76. The van der Waals surface area contributed by atoms with E-state index in [9.17, 15) is 19.7 Å². The number of nitro benzene ring substituents is 1. The van der Waals surface area contributed by atoms with Crippen molar-refractivity contribution in [3.63, 3.8) is 0 Å². The van der Waals surface area contributed by atoms with E-state index < -0.39 is 10.5 Å². The number of halogens is 1. The lowest BCUT2D eigenvalue weighted by molar-refractivity contribution is -0.384. The summed E-state index contributed by atoms with van der Waals surface area (Å²) in [6, 6.07) is 22.0. The van der Waals surface area contributed by atoms with Crippen LogP contribution < -0.4 is 10.6 Å². The van der Waals surface area contributed by atoms with Crippen LogP contribution in [0.4, 0.5) is 11.4 Å². The Morgan fingerprint density at radius 2 is 1.38 bits per heavy atom. The van der Waals surface area contributed by atoms with E-state index >= 15 is 0 Å². The van der Waals surface area contributed by atoms with Crippen LogP contribution in [-0.2, 0) is 24.6 Å². The van der Waals surface area contributed by atoms with Crippen molar-refractivity contribution in [1.29, 1.82) is 0 Å². The van der Waals surface area contributed by atoms with Crippen LogP contribution in [0.15, 0.2) is 72.8 Å². The minimum atomic E-state index is -1.07. The fourth-order valence-corrected chi connectivity index (χ4v) is 4.66. The molecule has 0 fully saturated rings. The number of nitrogens with zero attached hydrogens (tertiary/aromatic N) is 1. The maximum absolute atomic E-state index is 12.0. The molecule has 3 aromatic carbocycles. The van der Waals surface area contributed by atoms with Crippen LogP contribution in [-0.4, -0.2) is 43.2 Å². The van der Waals surface area contributed by atoms with Crippen molar-refractivity contribution in [3.8, 4) is 0 Å². The number of rotatable bonds is 14. The summed E-state index contributed by atoms with van der Waals surface area (Å²) in [6.07, 6.45) is 1.000. The number of carbonyl (C=O) groups is 2. The summed E-state index contributed by atoms with van der Waals surface area (Å²) in [5, 5.41) is 19.1. The molecule has 0 aliphatic carbocycles. The molecule has 0 aliphatic heterocycles. The summed E-state index contributed by atoms with van der Waals surface area (Å²) in [5.41, 5.74) is 1.33. The highest BCUT2D eigenvalue weighted by molar-refractivity contribution is 6.34. The van der Waals surface area contributed by atoms with Crippen molar-refractivity contribution in [2.75, 3.05) is 31.6 Å². The second-order valence-corrected chi connectivity index (χ2v) is 9.21. The van der Waals surface area contributed by atoms with Gasteiger partial charge in [-0.05, 0) is 30.5 Å². The lowest BCUT2D eigenvalue weighted by Gasteiger charge is -2.38. The van der Waals surface area contributed by atoms with Gasteiger partial charge in [-0.3, -0.25) is 25.0 Å². The number of anilines is 1. The highest BCUT2D eigenvalue weighted by Crippen LogP contribution is 2.44. The van der Waals surface area contributed by atoms with Crippen LogP contribution in [0.2, 0.25) is 5.02 Å². The van der Waals surface area contributed by atoms with Crippen molar-refractivity contribution < 1.29 is 24.0 Å². The normalized spacial score (nSPS) is 11.1. The molecular formula is C29H32ClN3O6. The van der Waals surface area contributed by atoms with Crippen molar-refractivity contribution in [2.24, 2.45) is 0 Å². The Morgan fingerprint density at radius 3 is 1.87 bits per heavy atom. The molecule has 0 bridgehead atoms. The summed E-state index contributed by atoms with van der Waals surface area (Å²) in [5.74, 6) is -0.737.